The molecule has 1 aliphatic rings. The Morgan fingerprint density at radius 3 is 2.81 bits per heavy atom. The zero-order valence-electron chi connectivity index (χ0n) is 17.1. The Hall–Kier alpha value is -3.39. The van der Waals surface area contributed by atoms with E-state index in [4.69, 9.17) is 0 Å². The van der Waals surface area contributed by atoms with E-state index < -0.39 is 5.69 Å². The largest absolute Gasteiger partial charge is 0.334 e. The summed E-state index contributed by atoms with van der Waals surface area (Å²) in [6, 6.07) is 9.57. The third-order valence-corrected chi connectivity index (χ3v) is 7.47. The van der Waals surface area contributed by atoms with E-state index >= 15 is 0 Å². The summed E-state index contributed by atoms with van der Waals surface area (Å²) in [5, 5.41) is 5.95. The number of hydrogen-bond acceptors (Lipinski definition) is 4. The molecule has 6 rings (SSSR count). The molecule has 31 heavy (non-hydrogen) atoms. The molecule has 0 saturated heterocycles. The second kappa shape index (κ2) is 6.81. The fourth-order valence-corrected chi connectivity index (χ4v) is 6.01. The number of benzene rings is 1. The highest BCUT2D eigenvalue weighted by Gasteiger charge is 2.21. The van der Waals surface area contributed by atoms with Crippen molar-refractivity contribution in [1.82, 2.24) is 23.9 Å². The van der Waals surface area contributed by atoms with Crippen LogP contribution in [0.2, 0.25) is 0 Å². The van der Waals surface area contributed by atoms with Crippen LogP contribution in [0.5, 0.6) is 0 Å². The summed E-state index contributed by atoms with van der Waals surface area (Å²) in [4.78, 5) is 31.4. The Morgan fingerprint density at radius 1 is 1.10 bits per heavy atom. The molecule has 0 bridgehead atoms. The van der Waals surface area contributed by atoms with Gasteiger partial charge in [-0.2, -0.15) is 5.10 Å². The van der Waals surface area contributed by atoms with Crippen LogP contribution in [-0.2, 0) is 19.9 Å². The smallest absolute Gasteiger partial charge is 0.329 e. The van der Waals surface area contributed by atoms with Crippen molar-refractivity contribution in [3.05, 3.63) is 74.0 Å². The van der Waals surface area contributed by atoms with Crippen LogP contribution >= 0.6 is 11.3 Å². The molecule has 4 heterocycles. The van der Waals surface area contributed by atoms with Crippen LogP contribution in [0.3, 0.4) is 0 Å². The maximum atomic E-state index is 13.5. The van der Waals surface area contributed by atoms with E-state index in [2.05, 4.69) is 10.1 Å². The number of nitrogens with one attached hydrogen (secondary N) is 1. The summed E-state index contributed by atoms with van der Waals surface area (Å²) in [7, 11) is 1.98. The standard InChI is InChI=1S/C23H21N5O2S/c1-26-17-9-8-15(12-14(17)13-19(26)27-11-5-10-24-27)28-22(29)20-16-6-3-2-4-7-18(16)31-21(20)25-23(28)30/h5,8-13H,2-4,6-7H2,1H3,(H,25,30). The van der Waals surface area contributed by atoms with Crippen LogP contribution in [0.15, 0.2) is 52.3 Å². The molecular weight excluding hydrogens is 410 g/mol. The van der Waals surface area contributed by atoms with Crippen molar-refractivity contribution in [3.63, 3.8) is 0 Å². The average molecular weight is 432 g/mol. The molecule has 0 amide bonds. The van der Waals surface area contributed by atoms with E-state index in [-0.39, 0.29) is 5.56 Å². The van der Waals surface area contributed by atoms with Gasteiger partial charge in [-0.25, -0.2) is 14.0 Å². The molecular formula is C23H21N5O2S. The minimum Gasteiger partial charge on any atom is -0.329 e. The van der Waals surface area contributed by atoms with Crippen LogP contribution in [0.1, 0.15) is 29.7 Å². The van der Waals surface area contributed by atoms with E-state index in [9.17, 15) is 9.59 Å². The SMILES string of the molecule is Cn1c(-n2cccn2)cc2cc(-n3c(=O)[nH]c4sc5c(c4c3=O)CCCCC5)ccc21. The molecule has 156 valence electrons. The van der Waals surface area contributed by atoms with Gasteiger partial charge < -0.3 is 4.57 Å². The zero-order chi connectivity index (χ0) is 21.1. The van der Waals surface area contributed by atoms with Crippen molar-refractivity contribution >= 4 is 32.5 Å². The summed E-state index contributed by atoms with van der Waals surface area (Å²) in [6.07, 6.45) is 8.93. The lowest BCUT2D eigenvalue weighted by Gasteiger charge is -2.07. The fraction of sp³-hybridized carbons (Fsp3) is 0.261. The molecule has 0 saturated carbocycles. The number of rotatable bonds is 2. The van der Waals surface area contributed by atoms with Crippen LogP contribution in [0, 0.1) is 0 Å². The van der Waals surface area contributed by atoms with Gasteiger partial charge in [-0.1, -0.05) is 6.42 Å². The quantitative estimate of drug-likeness (QED) is 0.433. The normalized spacial score (nSPS) is 14.2. The summed E-state index contributed by atoms with van der Waals surface area (Å²) >= 11 is 1.57. The molecule has 0 unspecified atom stereocenters. The maximum Gasteiger partial charge on any atom is 0.334 e. The number of H-pyrrole nitrogens is 1. The van der Waals surface area contributed by atoms with Crippen LogP contribution in [0.25, 0.3) is 32.6 Å². The first-order valence-corrected chi connectivity index (χ1v) is 11.3. The molecule has 0 fully saturated rings. The van der Waals surface area contributed by atoms with Gasteiger partial charge in [0.05, 0.1) is 11.1 Å². The van der Waals surface area contributed by atoms with E-state index in [0.717, 1.165) is 48.0 Å². The van der Waals surface area contributed by atoms with Crippen molar-refractivity contribution in [2.75, 3.05) is 0 Å². The minimum absolute atomic E-state index is 0.222. The van der Waals surface area contributed by atoms with Gasteiger partial charge in [0.1, 0.15) is 10.6 Å². The molecule has 1 aliphatic carbocycles. The minimum atomic E-state index is -0.392. The van der Waals surface area contributed by atoms with Gasteiger partial charge in [0.25, 0.3) is 5.56 Å². The Balaban J connectivity index is 1.57. The van der Waals surface area contributed by atoms with Gasteiger partial charge in [0.15, 0.2) is 0 Å². The lowest BCUT2D eigenvalue weighted by molar-refractivity contribution is 0.713. The van der Waals surface area contributed by atoms with Gasteiger partial charge in [-0.05, 0) is 61.6 Å². The third kappa shape index (κ3) is 2.75. The topological polar surface area (TPSA) is 77.6 Å². The molecule has 8 heteroatoms. The number of aromatic amines is 1. The molecule has 1 N–H and O–H groups in total. The Labute approximate surface area is 181 Å². The molecule has 5 aromatic rings. The van der Waals surface area contributed by atoms with Crippen molar-refractivity contribution in [1.29, 1.82) is 0 Å². The molecule has 0 radical (unpaired) electrons. The number of hydrogen-bond donors (Lipinski definition) is 1. The van der Waals surface area contributed by atoms with Crippen molar-refractivity contribution in [2.45, 2.75) is 32.1 Å². The Bertz CT molecular complexity index is 1570. The molecule has 1 aromatic carbocycles. The number of thiophene rings is 1. The fourth-order valence-electron chi connectivity index (χ4n) is 4.73. The number of aromatic nitrogens is 5. The predicted octanol–water partition coefficient (Wildman–Crippen LogP) is 3.69. The van der Waals surface area contributed by atoms with E-state index in [1.54, 1.807) is 22.2 Å². The monoisotopic (exact) mass is 431 g/mol. The number of fused-ring (bicyclic) bond motifs is 4. The van der Waals surface area contributed by atoms with E-state index in [0.29, 0.717) is 15.9 Å². The first-order valence-electron chi connectivity index (χ1n) is 10.5. The summed E-state index contributed by atoms with van der Waals surface area (Å²) in [5.74, 6) is 0.914. The van der Waals surface area contributed by atoms with Gasteiger partial charge in [0, 0.05) is 35.2 Å². The molecule has 4 aromatic heterocycles. The van der Waals surface area contributed by atoms with Crippen LogP contribution < -0.4 is 11.2 Å². The predicted molar refractivity (Wildman–Crippen MR) is 123 cm³/mol. The first kappa shape index (κ1) is 18.4. The Kier molecular flexibility index (Phi) is 4.04. The van der Waals surface area contributed by atoms with Crippen LogP contribution in [0.4, 0.5) is 0 Å². The molecule has 7 nitrogen and oxygen atoms in total. The second-order valence-corrected chi connectivity index (χ2v) is 9.20. The second-order valence-electron chi connectivity index (χ2n) is 8.09. The first-order chi connectivity index (χ1) is 15.1. The van der Waals surface area contributed by atoms with Gasteiger partial charge in [-0.15, -0.1) is 11.3 Å². The number of aryl methyl sites for hydroxylation is 3. The number of nitrogens with zero attached hydrogens (tertiary/aromatic N) is 4. The highest BCUT2D eigenvalue weighted by atomic mass is 32.1. The average Bonchev–Trinajstić information content (AvgIpc) is 3.43. The third-order valence-electron chi connectivity index (χ3n) is 6.26. The summed E-state index contributed by atoms with van der Waals surface area (Å²) < 4.78 is 5.12. The summed E-state index contributed by atoms with van der Waals surface area (Å²) in [5.41, 5.74) is 2.10. The van der Waals surface area contributed by atoms with Crippen molar-refractivity contribution < 1.29 is 0 Å². The van der Waals surface area contributed by atoms with Gasteiger partial charge in [-0.3, -0.25) is 9.78 Å². The lowest BCUT2D eigenvalue weighted by atomic mass is 10.1. The van der Waals surface area contributed by atoms with E-state index in [1.807, 2.05) is 48.1 Å². The molecule has 0 aliphatic heterocycles. The van der Waals surface area contributed by atoms with Gasteiger partial charge in [0.2, 0.25) is 0 Å². The molecule has 0 atom stereocenters. The lowest BCUT2D eigenvalue weighted by Crippen LogP contribution is -2.33. The highest BCUT2D eigenvalue weighted by molar-refractivity contribution is 7.18. The Morgan fingerprint density at radius 2 is 1.97 bits per heavy atom. The summed E-state index contributed by atoms with van der Waals surface area (Å²) in [6.45, 7) is 0. The highest BCUT2D eigenvalue weighted by Crippen LogP contribution is 2.32. The van der Waals surface area contributed by atoms with Crippen molar-refractivity contribution in [3.8, 4) is 11.5 Å². The van der Waals surface area contributed by atoms with Crippen molar-refractivity contribution in [2.24, 2.45) is 7.05 Å². The zero-order valence-corrected chi connectivity index (χ0v) is 17.9. The van der Waals surface area contributed by atoms with E-state index in [1.165, 1.54) is 15.9 Å². The maximum absolute atomic E-state index is 13.5. The molecule has 0 spiro atoms. The van der Waals surface area contributed by atoms with Crippen LogP contribution in [-0.4, -0.2) is 23.9 Å². The van der Waals surface area contributed by atoms with Gasteiger partial charge >= 0.3 is 5.69 Å².